The van der Waals surface area contributed by atoms with Gasteiger partial charge in [0, 0.05) is 56.1 Å². The van der Waals surface area contributed by atoms with E-state index in [2.05, 4.69) is 168 Å². The lowest BCUT2D eigenvalue weighted by molar-refractivity contribution is 1.28. The first kappa shape index (κ1) is 27.8. The zero-order valence-corrected chi connectivity index (χ0v) is 26.1. The molecule has 0 bridgehead atoms. The van der Waals surface area contributed by atoms with Gasteiger partial charge < -0.3 is 9.80 Å². The minimum atomic E-state index is 0.953. The van der Waals surface area contributed by atoms with Crippen molar-refractivity contribution >= 4 is 77.5 Å². The molecule has 0 unspecified atom stereocenters. The largest absolute Gasteiger partial charge is 0.307 e. The van der Waals surface area contributed by atoms with Crippen molar-refractivity contribution in [1.82, 2.24) is 9.97 Å². The molecule has 0 amide bonds. The molecule has 2 heterocycles. The van der Waals surface area contributed by atoms with Gasteiger partial charge in [0.1, 0.15) is 0 Å². The van der Waals surface area contributed by atoms with Gasteiger partial charge in [0.15, 0.2) is 0 Å². The van der Waals surface area contributed by atoms with Crippen molar-refractivity contribution in [1.29, 1.82) is 0 Å². The highest BCUT2D eigenvalue weighted by molar-refractivity contribution is 6.24. The molecule has 0 aliphatic rings. The Hall–Kier alpha value is -6.52. The summed E-state index contributed by atoms with van der Waals surface area (Å²) in [4.78, 5) is 14.6. The first-order valence-electron chi connectivity index (χ1n) is 16.2. The molecule has 48 heavy (non-hydrogen) atoms. The average molecular weight is 615 g/mol. The Kier molecular flexibility index (Phi) is 6.76. The second-order valence-electron chi connectivity index (χ2n) is 11.8. The second-order valence-corrected chi connectivity index (χ2v) is 11.8. The van der Waals surface area contributed by atoms with Crippen LogP contribution in [0.3, 0.4) is 0 Å². The van der Waals surface area contributed by atoms with Crippen LogP contribution in [0.15, 0.2) is 182 Å². The van der Waals surface area contributed by atoms with E-state index in [-0.39, 0.29) is 0 Å². The van der Waals surface area contributed by atoms with Crippen LogP contribution >= 0.6 is 0 Å². The topological polar surface area (TPSA) is 32.3 Å². The second kappa shape index (κ2) is 11.7. The summed E-state index contributed by atoms with van der Waals surface area (Å²) in [6.45, 7) is 0. The van der Waals surface area contributed by atoms with E-state index in [1.54, 1.807) is 0 Å². The first-order chi connectivity index (χ1) is 23.9. The molecule has 0 atom stereocenters. The van der Waals surface area contributed by atoms with Gasteiger partial charge in [0.2, 0.25) is 0 Å². The van der Waals surface area contributed by atoms with E-state index in [0.29, 0.717) is 0 Å². The predicted molar refractivity (Wildman–Crippen MR) is 201 cm³/mol. The quantitative estimate of drug-likeness (QED) is 0.138. The highest BCUT2D eigenvalue weighted by atomic mass is 15.2. The van der Waals surface area contributed by atoms with Gasteiger partial charge in [-0.25, -0.2) is 0 Å². The van der Waals surface area contributed by atoms with Crippen molar-refractivity contribution in [2.45, 2.75) is 0 Å². The predicted octanol–water partition coefficient (Wildman–Crippen LogP) is 12.0. The van der Waals surface area contributed by atoms with Crippen molar-refractivity contribution in [3.8, 4) is 0 Å². The number of fused-ring (bicyclic) bond motifs is 4. The van der Waals surface area contributed by atoms with Gasteiger partial charge in [-0.15, -0.1) is 0 Å². The van der Waals surface area contributed by atoms with Gasteiger partial charge >= 0.3 is 0 Å². The summed E-state index contributed by atoms with van der Waals surface area (Å²) in [5, 5.41) is 6.74. The molecule has 0 spiro atoms. The Morgan fingerprint density at radius 1 is 0.312 bits per heavy atom. The maximum atomic E-state index is 4.91. The highest BCUT2D eigenvalue weighted by Gasteiger charge is 2.26. The number of benzene rings is 7. The van der Waals surface area contributed by atoms with Gasteiger partial charge in [-0.2, -0.15) is 0 Å². The zero-order chi connectivity index (χ0) is 31.9. The monoisotopic (exact) mass is 614 g/mol. The number of hydrogen-bond donors (Lipinski definition) is 0. The molecule has 0 fully saturated rings. The molecule has 0 saturated heterocycles. The van der Waals surface area contributed by atoms with E-state index >= 15 is 0 Å². The number of nitrogens with zero attached hydrogens (tertiary/aromatic N) is 4. The van der Waals surface area contributed by atoms with E-state index < -0.39 is 0 Å². The van der Waals surface area contributed by atoms with Crippen LogP contribution in [-0.4, -0.2) is 9.97 Å². The van der Waals surface area contributed by atoms with Crippen molar-refractivity contribution < 1.29 is 0 Å². The summed E-state index contributed by atoms with van der Waals surface area (Å²) in [6.07, 6.45) is 3.76. The molecular formula is C44H30N4. The van der Waals surface area contributed by atoms with E-state index in [1.165, 1.54) is 0 Å². The number of pyridine rings is 2. The van der Waals surface area contributed by atoms with Crippen LogP contribution in [0.5, 0.6) is 0 Å². The lowest BCUT2D eigenvalue weighted by Crippen LogP contribution is -2.15. The van der Waals surface area contributed by atoms with Crippen LogP contribution in [0, 0.1) is 0 Å². The molecule has 0 aliphatic heterocycles. The Labute approximate surface area is 278 Å². The van der Waals surface area contributed by atoms with Crippen LogP contribution < -0.4 is 9.80 Å². The van der Waals surface area contributed by atoms with Gasteiger partial charge in [0.25, 0.3) is 0 Å². The van der Waals surface area contributed by atoms with E-state index in [1.807, 2.05) is 24.5 Å². The van der Waals surface area contributed by atoms with E-state index in [9.17, 15) is 0 Å². The molecule has 9 rings (SSSR count). The zero-order valence-electron chi connectivity index (χ0n) is 26.1. The lowest BCUT2D eigenvalue weighted by atomic mass is 9.95. The van der Waals surface area contributed by atoms with Crippen molar-refractivity contribution in [3.05, 3.63) is 182 Å². The molecule has 0 aliphatic carbocycles. The number of rotatable bonds is 6. The maximum absolute atomic E-state index is 4.91. The Balaban J connectivity index is 1.43. The van der Waals surface area contributed by atoms with Crippen molar-refractivity contribution in [3.63, 3.8) is 0 Å². The van der Waals surface area contributed by atoms with Gasteiger partial charge in [0.05, 0.1) is 33.8 Å². The number of anilines is 6. The van der Waals surface area contributed by atoms with Crippen LogP contribution in [0.4, 0.5) is 34.1 Å². The first-order valence-corrected chi connectivity index (χ1v) is 16.2. The minimum Gasteiger partial charge on any atom is -0.307 e. The highest BCUT2D eigenvalue weighted by Crippen LogP contribution is 2.52. The van der Waals surface area contributed by atoms with Gasteiger partial charge in [-0.05, 0) is 48.5 Å². The Bertz CT molecular complexity index is 2330. The molecule has 2 aromatic heterocycles. The fraction of sp³-hybridized carbons (Fsp3) is 0. The molecule has 9 aromatic rings. The van der Waals surface area contributed by atoms with Crippen LogP contribution in [0.2, 0.25) is 0 Å². The number of para-hydroxylation sites is 4. The summed E-state index contributed by atoms with van der Waals surface area (Å²) in [5.74, 6) is 0. The van der Waals surface area contributed by atoms with Crippen LogP contribution in [0.1, 0.15) is 0 Å². The average Bonchev–Trinajstić information content (AvgIpc) is 3.17. The molecule has 4 heteroatoms. The molecule has 4 nitrogen and oxygen atoms in total. The molecule has 226 valence electrons. The SMILES string of the molecule is c1ccc(N(c2c3ccccc3c(N(c3ccccc3)c3cccc4cccnc34)c3ccccc23)c2cccc3cccnc23)cc1. The fourth-order valence-electron chi connectivity index (χ4n) is 7.03. The molecule has 0 saturated carbocycles. The summed E-state index contributed by atoms with van der Waals surface area (Å²) in [6, 6.07) is 59.9. The Morgan fingerprint density at radius 2 is 0.667 bits per heavy atom. The third kappa shape index (κ3) is 4.54. The normalized spacial score (nSPS) is 11.3. The van der Waals surface area contributed by atoms with E-state index in [0.717, 1.165) is 77.5 Å². The van der Waals surface area contributed by atoms with Crippen LogP contribution in [0.25, 0.3) is 43.4 Å². The summed E-state index contributed by atoms with van der Waals surface area (Å²) in [5.41, 5.74) is 8.31. The van der Waals surface area contributed by atoms with Crippen molar-refractivity contribution in [2.75, 3.05) is 9.80 Å². The molecule has 0 N–H and O–H groups in total. The summed E-state index contributed by atoms with van der Waals surface area (Å²) in [7, 11) is 0. The van der Waals surface area contributed by atoms with Gasteiger partial charge in [-0.3, -0.25) is 9.97 Å². The minimum absolute atomic E-state index is 0.953. The number of aromatic nitrogens is 2. The summed E-state index contributed by atoms with van der Waals surface area (Å²) >= 11 is 0. The number of hydrogen-bond acceptors (Lipinski definition) is 4. The third-order valence-electron chi connectivity index (χ3n) is 9.06. The molecular weight excluding hydrogens is 585 g/mol. The Morgan fingerprint density at radius 3 is 1.06 bits per heavy atom. The molecule has 7 aromatic carbocycles. The van der Waals surface area contributed by atoms with Gasteiger partial charge in [-0.1, -0.05) is 121 Å². The smallest absolute Gasteiger partial charge is 0.0942 e. The summed E-state index contributed by atoms with van der Waals surface area (Å²) < 4.78 is 0. The maximum Gasteiger partial charge on any atom is 0.0942 e. The third-order valence-corrected chi connectivity index (χ3v) is 9.06. The van der Waals surface area contributed by atoms with E-state index in [4.69, 9.17) is 9.97 Å². The molecule has 0 radical (unpaired) electrons. The van der Waals surface area contributed by atoms with Crippen molar-refractivity contribution in [2.24, 2.45) is 0 Å². The van der Waals surface area contributed by atoms with Crippen LogP contribution in [-0.2, 0) is 0 Å². The lowest BCUT2D eigenvalue weighted by Gasteiger charge is -2.33. The standard InChI is InChI=1S/C44H30N4/c1-3-19-33(20-4-1)47(39-27-11-15-31-17-13-29-45-41(31)39)43-35-23-7-9-25-37(35)44(38-26-10-8-24-36(38)43)48(34-21-5-2-6-22-34)40-28-12-16-32-18-14-30-46-42(32)40/h1-30H. The fourth-order valence-corrected chi connectivity index (χ4v) is 7.03.